The van der Waals surface area contributed by atoms with Crippen LogP contribution in [0.3, 0.4) is 0 Å². The molecule has 0 fully saturated rings. The molecular formula is C15H15ClN2O3S. The molecule has 0 unspecified atom stereocenters. The Hall–Kier alpha value is -1.92. The molecule has 0 saturated heterocycles. The third kappa shape index (κ3) is 4.82. The van der Waals surface area contributed by atoms with E-state index in [0.717, 1.165) is 10.6 Å². The molecule has 22 heavy (non-hydrogen) atoms. The molecule has 0 aliphatic heterocycles. The second kappa shape index (κ2) is 7.91. The molecule has 0 saturated carbocycles. The lowest BCUT2D eigenvalue weighted by molar-refractivity contribution is -0.137. The number of benzene rings is 1. The van der Waals surface area contributed by atoms with Crippen molar-refractivity contribution in [1.82, 2.24) is 10.3 Å². The minimum Gasteiger partial charge on any atom is -0.481 e. The lowest BCUT2D eigenvalue weighted by atomic mass is 10.2. The first-order chi connectivity index (χ1) is 10.6. The molecule has 2 rings (SSSR count). The van der Waals surface area contributed by atoms with Gasteiger partial charge in [0.1, 0.15) is 10.7 Å². The van der Waals surface area contributed by atoms with Crippen LogP contribution in [0.1, 0.15) is 29.8 Å². The highest BCUT2D eigenvalue weighted by Gasteiger charge is 2.11. The largest absolute Gasteiger partial charge is 0.481 e. The van der Waals surface area contributed by atoms with Gasteiger partial charge in [-0.25, -0.2) is 4.98 Å². The number of unbranched alkanes of at least 4 members (excludes halogenated alkanes) is 1. The van der Waals surface area contributed by atoms with E-state index >= 15 is 0 Å². The number of hydrogen-bond acceptors (Lipinski definition) is 4. The lowest BCUT2D eigenvalue weighted by Gasteiger charge is -2.02. The summed E-state index contributed by atoms with van der Waals surface area (Å²) in [6, 6.07) is 7.30. The van der Waals surface area contributed by atoms with Gasteiger partial charge in [0.05, 0.1) is 0 Å². The van der Waals surface area contributed by atoms with E-state index in [0.29, 0.717) is 30.1 Å². The molecule has 7 heteroatoms. The van der Waals surface area contributed by atoms with Crippen molar-refractivity contribution in [1.29, 1.82) is 0 Å². The van der Waals surface area contributed by atoms with E-state index in [4.69, 9.17) is 16.7 Å². The van der Waals surface area contributed by atoms with Crippen molar-refractivity contribution >= 4 is 34.8 Å². The molecule has 0 atom stereocenters. The minimum atomic E-state index is -0.822. The third-order valence-corrected chi connectivity index (χ3v) is 4.04. The minimum absolute atomic E-state index is 0.117. The second-order valence-electron chi connectivity index (χ2n) is 4.65. The van der Waals surface area contributed by atoms with E-state index in [2.05, 4.69) is 10.3 Å². The van der Waals surface area contributed by atoms with Crippen LogP contribution in [0.25, 0.3) is 10.6 Å². The maximum absolute atomic E-state index is 11.9. The molecule has 0 bridgehead atoms. The van der Waals surface area contributed by atoms with Crippen molar-refractivity contribution in [3.8, 4) is 10.6 Å². The summed E-state index contributed by atoms with van der Waals surface area (Å²) in [4.78, 5) is 26.6. The summed E-state index contributed by atoms with van der Waals surface area (Å²) in [7, 11) is 0. The predicted octanol–water partition coefficient (Wildman–Crippen LogP) is 3.45. The summed E-state index contributed by atoms with van der Waals surface area (Å²) < 4.78 is 0. The Morgan fingerprint density at radius 2 is 2.14 bits per heavy atom. The topological polar surface area (TPSA) is 79.3 Å². The molecule has 0 radical (unpaired) electrons. The quantitative estimate of drug-likeness (QED) is 0.758. The van der Waals surface area contributed by atoms with E-state index in [1.807, 2.05) is 12.1 Å². The predicted molar refractivity (Wildman–Crippen MR) is 86.4 cm³/mol. The van der Waals surface area contributed by atoms with E-state index in [1.165, 1.54) is 11.3 Å². The molecule has 5 nitrogen and oxygen atoms in total. The lowest BCUT2D eigenvalue weighted by Crippen LogP contribution is -2.24. The number of aliphatic carboxylic acids is 1. The molecule has 1 amide bonds. The summed E-state index contributed by atoms with van der Waals surface area (Å²) in [5.74, 6) is -1.07. The number of halogens is 1. The van der Waals surface area contributed by atoms with Gasteiger partial charge >= 0.3 is 5.97 Å². The number of carbonyl (C=O) groups excluding carboxylic acids is 1. The van der Waals surface area contributed by atoms with Crippen LogP contribution in [0.15, 0.2) is 29.6 Å². The molecule has 2 N–H and O–H groups in total. The first-order valence-corrected chi connectivity index (χ1v) is 8.03. The highest BCUT2D eigenvalue weighted by molar-refractivity contribution is 7.13. The van der Waals surface area contributed by atoms with Gasteiger partial charge in [-0.1, -0.05) is 23.7 Å². The summed E-state index contributed by atoms with van der Waals surface area (Å²) in [5, 5.41) is 14.3. The summed E-state index contributed by atoms with van der Waals surface area (Å²) in [6.45, 7) is 0.441. The SMILES string of the molecule is O=C(O)CCCCNC(=O)c1csc(-c2cccc(Cl)c2)n1. The Labute approximate surface area is 137 Å². The van der Waals surface area contributed by atoms with Crippen molar-refractivity contribution in [3.05, 3.63) is 40.4 Å². The number of nitrogens with one attached hydrogen (secondary N) is 1. The molecule has 1 aromatic carbocycles. The number of amides is 1. The highest BCUT2D eigenvalue weighted by atomic mass is 35.5. The number of thiazole rings is 1. The molecule has 116 valence electrons. The zero-order chi connectivity index (χ0) is 15.9. The smallest absolute Gasteiger partial charge is 0.303 e. The molecule has 0 spiro atoms. The zero-order valence-electron chi connectivity index (χ0n) is 11.7. The summed E-state index contributed by atoms with van der Waals surface area (Å²) in [6.07, 6.45) is 1.29. The molecule has 2 aromatic rings. The van der Waals surface area contributed by atoms with Crippen LogP contribution < -0.4 is 5.32 Å². The van der Waals surface area contributed by atoms with Gasteiger partial charge in [-0.05, 0) is 25.0 Å². The first-order valence-electron chi connectivity index (χ1n) is 6.78. The van der Waals surface area contributed by atoms with E-state index in [-0.39, 0.29) is 12.3 Å². The van der Waals surface area contributed by atoms with Gasteiger partial charge in [0.2, 0.25) is 0 Å². The summed E-state index contributed by atoms with van der Waals surface area (Å²) >= 11 is 7.32. The van der Waals surface area contributed by atoms with Crippen molar-refractivity contribution in [2.24, 2.45) is 0 Å². The van der Waals surface area contributed by atoms with Gasteiger partial charge < -0.3 is 10.4 Å². The maximum Gasteiger partial charge on any atom is 0.303 e. The first kappa shape index (κ1) is 16.5. The van der Waals surface area contributed by atoms with Gasteiger partial charge in [0.15, 0.2) is 0 Å². The van der Waals surface area contributed by atoms with Gasteiger partial charge in [-0.3, -0.25) is 9.59 Å². The monoisotopic (exact) mass is 338 g/mol. The molecule has 0 aliphatic carbocycles. The van der Waals surface area contributed by atoms with Crippen LogP contribution in [0, 0.1) is 0 Å². The third-order valence-electron chi connectivity index (χ3n) is 2.91. The Morgan fingerprint density at radius 3 is 2.86 bits per heavy atom. The number of hydrogen-bond donors (Lipinski definition) is 2. The second-order valence-corrected chi connectivity index (χ2v) is 5.95. The van der Waals surface area contributed by atoms with Crippen molar-refractivity contribution in [2.75, 3.05) is 6.54 Å². The van der Waals surface area contributed by atoms with Crippen LogP contribution in [0.2, 0.25) is 5.02 Å². The number of nitrogens with zero attached hydrogens (tertiary/aromatic N) is 1. The summed E-state index contributed by atoms with van der Waals surface area (Å²) in [5.41, 5.74) is 1.23. The van der Waals surface area contributed by atoms with Crippen LogP contribution in [0.4, 0.5) is 0 Å². The number of carbonyl (C=O) groups is 2. The Kier molecular flexibility index (Phi) is 5.91. The van der Waals surface area contributed by atoms with Gasteiger partial charge in [0.25, 0.3) is 5.91 Å². The Bertz CT molecular complexity index is 672. The highest BCUT2D eigenvalue weighted by Crippen LogP contribution is 2.25. The normalized spacial score (nSPS) is 10.4. The Balaban J connectivity index is 1.88. The van der Waals surface area contributed by atoms with Crippen molar-refractivity contribution in [2.45, 2.75) is 19.3 Å². The fourth-order valence-corrected chi connectivity index (χ4v) is 2.81. The Morgan fingerprint density at radius 1 is 1.32 bits per heavy atom. The van der Waals surface area contributed by atoms with Crippen LogP contribution in [-0.2, 0) is 4.79 Å². The van der Waals surface area contributed by atoms with E-state index in [9.17, 15) is 9.59 Å². The fraction of sp³-hybridized carbons (Fsp3) is 0.267. The van der Waals surface area contributed by atoms with Crippen LogP contribution >= 0.6 is 22.9 Å². The number of carboxylic acids is 1. The van der Waals surface area contributed by atoms with Crippen molar-refractivity contribution < 1.29 is 14.7 Å². The van der Waals surface area contributed by atoms with Gasteiger partial charge in [0, 0.05) is 28.9 Å². The maximum atomic E-state index is 11.9. The van der Waals surface area contributed by atoms with E-state index in [1.54, 1.807) is 17.5 Å². The molecule has 1 heterocycles. The van der Waals surface area contributed by atoms with Gasteiger partial charge in [-0.2, -0.15) is 0 Å². The number of aromatic nitrogens is 1. The zero-order valence-corrected chi connectivity index (χ0v) is 13.3. The molecular weight excluding hydrogens is 324 g/mol. The fourth-order valence-electron chi connectivity index (χ4n) is 1.83. The van der Waals surface area contributed by atoms with Crippen LogP contribution in [-0.4, -0.2) is 28.5 Å². The average Bonchev–Trinajstić information content (AvgIpc) is 2.96. The van der Waals surface area contributed by atoms with Crippen LogP contribution in [0.5, 0.6) is 0 Å². The molecule has 0 aliphatic rings. The average molecular weight is 339 g/mol. The number of carboxylic acid groups (broad SMARTS) is 1. The van der Waals surface area contributed by atoms with Gasteiger partial charge in [-0.15, -0.1) is 11.3 Å². The van der Waals surface area contributed by atoms with E-state index < -0.39 is 5.97 Å². The molecule has 1 aromatic heterocycles. The van der Waals surface area contributed by atoms with Crippen molar-refractivity contribution in [3.63, 3.8) is 0 Å². The standard InChI is InChI=1S/C15H15ClN2O3S/c16-11-5-3-4-10(8-11)15-18-12(9-22-15)14(21)17-7-2-1-6-13(19)20/h3-5,8-9H,1-2,6-7H2,(H,17,21)(H,19,20). The number of rotatable bonds is 7.